The Morgan fingerprint density at radius 1 is 0.792 bits per heavy atom. The largest absolute Gasteiger partial charge is 0.458 e. The number of alkyl carbamates (subject to hydrolysis) is 1. The highest BCUT2D eigenvalue weighted by Crippen LogP contribution is 2.35. The van der Waals surface area contributed by atoms with Crippen LogP contribution < -0.4 is 16.4 Å². The van der Waals surface area contributed by atoms with Gasteiger partial charge in [-0.1, -0.05) is 55.5 Å². The van der Waals surface area contributed by atoms with E-state index in [1.54, 1.807) is 67.5 Å². The fourth-order valence-electron chi connectivity index (χ4n) is 5.10. The summed E-state index contributed by atoms with van der Waals surface area (Å²) in [7, 11) is 0. The van der Waals surface area contributed by atoms with E-state index in [2.05, 4.69) is 10.6 Å². The van der Waals surface area contributed by atoms with Crippen LogP contribution in [0.4, 0.5) is 4.79 Å². The van der Waals surface area contributed by atoms with Crippen molar-refractivity contribution in [2.45, 2.75) is 130 Å². The van der Waals surface area contributed by atoms with Crippen LogP contribution in [0.2, 0.25) is 0 Å². The van der Waals surface area contributed by atoms with E-state index < -0.39 is 71.1 Å². The van der Waals surface area contributed by atoms with Crippen LogP contribution in [0.5, 0.6) is 0 Å². The number of benzene rings is 2. The smallest absolute Gasteiger partial charge is 0.408 e. The molecule has 0 aromatic heterocycles. The second-order valence-corrected chi connectivity index (χ2v) is 14.7. The summed E-state index contributed by atoms with van der Waals surface area (Å²) in [6, 6.07) is 10.8. The molecule has 0 bridgehead atoms. The van der Waals surface area contributed by atoms with Crippen molar-refractivity contribution in [1.29, 1.82) is 0 Å². The van der Waals surface area contributed by atoms with Gasteiger partial charge in [-0.05, 0) is 97.9 Å². The molecule has 0 radical (unpaired) electrons. The Kier molecular flexibility index (Phi) is 13.4. The van der Waals surface area contributed by atoms with Crippen LogP contribution in [0.25, 0.3) is 0 Å². The molecule has 11 heteroatoms. The van der Waals surface area contributed by atoms with E-state index in [4.69, 9.17) is 15.2 Å². The van der Waals surface area contributed by atoms with Gasteiger partial charge < -0.3 is 30.7 Å². The van der Waals surface area contributed by atoms with Crippen LogP contribution in [-0.4, -0.2) is 63.5 Å². The number of primary amides is 1. The lowest BCUT2D eigenvalue weighted by Gasteiger charge is -2.45. The van der Waals surface area contributed by atoms with Gasteiger partial charge in [-0.2, -0.15) is 0 Å². The third-order valence-corrected chi connectivity index (χ3v) is 7.89. The molecule has 0 heterocycles. The number of ether oxygens (including phenoxy) is 2. The molecule has 48 heavy (non-hydrogen) atoms. The topological polar surface area (TPSA) is 157 Å². The molecule has 4 N–H and O–H groups in total. The van der Waals surface area contributed by atoms with E-state index in [-0.39, 0.29) is 6.42 Å². The van der Waals surface area contributed by atoms with Gasteiger partial charge in [0, 0.05) is 12.0 Å². The SMILES string of the molecule is CCC(C)(C)N(C(=O)C(CC(N)=O)NC(=O)OC(C)(C)C)C(C(=O)NC(Cc1ccccc1)C(=O)OC(C)(C)C)c1cccc(C)c1C. The van der Waals surface area contributed by atoms with Crippen LogP contribution in [0, 0.1) is 13.8 Å². The first kappa shape index (κ1) is 39.8. The molecule has 0 aliphatic rings. The number of rotatable bonds is 13. The highest BCUT2D eigenvalue weighted by Gasteiger charge is 2.45. The summed E-state index contributed by atoms with van der Waals surface area (Å²) < 4.78 is 11.1. The Labute approximate surface area is 285 Å². The molecule has 0 saturated carbocycles. The Morgan fingerprint density at radius 3 is 1.90 bits per heavy atom. The van der Waals surface area contributed by atoms with E-state index in [1.165, 1.54) is 4.90 Å². The number of hydrogen-bond donors (Lipinski definition) is 3. The average molecular weight is 667 g/mol. The zero-order chi connectivity index (χ0) is 36.6. The molecule has 4 amide bonds. The van der Waals surface area contributed by atoms with Crippen LogP contribution in [0.3, 0.4) is 0 Å². The van der Waals surface area contributed by atoms with Gasteiger partial charge in [-0.25, -0.2) is 9.59 Å². The van der Waals surface area contributed by atoms with Crippen LogP contribution in [-0.2, 0) is 35.1 Å². The number of hydrogen-bond acceptors (Lipinski definition) is 7. The van der Waals surface area contributed by atoms with E-state index in [9.17, 15) is 24.0 Å². The van der Waals surface area contributed by atoms with Crippen LogP contribution >= 0.6 is 0 Å². The minimum absolute atomic E-state index is 0.136. The Balaban J connectivity index is 2.77. The van der Waals surface area contributed by atoms with Crippen molar-refractivity contribution >= 4 is 29.8 Å². The average Bonchev–Trinajstić information content (AvgIpc) is 2.94. The van der Waals surface area contributed by atoms with Crippen molar-refractivity contribution in [3.63, 3.8) is 0 Å². The lowest BCUT2D eigenvalue weighted by Crippen LogP contribution is -2.61. The Bertz CT molecular complexity index is 1460. The van der Waals surface area contributed by atoms with E-state index in [1.807, 2.05) is 57.2 Å². The summed E-state index contributed by atoms with van der Waals surface area (Å²) >= 11 is 0. The molecule has 2 aromatic rings. The van der Waals surface area contributed by atoms with Gasteiger partial charge >= 0.3 is 12.1 Å². The fraction of sp³-hybridized carbons (Fsp3) is 0.541. The van der Waals surface area contributed by atoms with Crippen LogP contribution in [0.1, 0.15) is 103 Å². The fourth-order valence-corrected chi connectivity index (χ4v) is 5.10. The molecule has 0 aliphatic heterocycles. The monoisotopic (exact) mass is 666 g/mol. The first-order chi connectivity index (χ1) is 22.1. The number of esters is 1. The molecule has 3 unspecified atom stereocenters. The molecule has 0 aliphatic carbocycles. The predicted molar refractivity (Wildman–Crippen MR) is 185 cm³/mol. The molecular formula is C37H54N4O7. The number of carbonyl (C=O) groups excluding carboxylic acids is 5. The molecule has 3 atom stereocenters. The summed E-state index contributed by atoms with van der Waals surface area (Å²) in [5.41, 5.74) is 5.78. The minimum Gasteiger partial charge on any atom is -0.458 e. The van der Waals surface area contributed by atoms with Crippen molar-refractivity contribution in [2.24, 2.45) is 5.73 Å². The summed E-state index contributed by atoms with van der Waals surface area (Å²) in [4.78, 5) is 69.5. The highest BCUT2D eigenvalue weighted by atomic mass is 16.6. The van der Waals surface area contributed by atoms with E-state index >= 15 is 0 Å². The van der Waals surface area contributed by atoms with Gasteiger partial charge in [0.2, 0.25) is 17.7 Å². The lowest BCUT2D eigenvalue weighted by atomic mass is 9.89. The molecule has 264 valence electrons. The Hall–Kier alpha value is -4.41. The molecule has 0 saturated heterocycles. The summed E-state index contributed by atoms with van der Waals surface area (Å²) in [6.07, 6.45) is -0.930. The third-order valence-electron chi connectivity index (χ3n) is 7.89. The summed E-state index contributed by atoms with van der Waals surface area (Å²) in [5.74, 6) is -2.82. The van der Waals surface area contributed by atoms with Crippen LogP contribution in [0.15, 0.2) is 48.5 Å². The standard InChI is InChI=1S/C37H54N4O7/c1-12-37(10,11)41(32(44)27(22-29(38)42)40-34(46)48-36(7,8)9)30(26-20-16-17-23(2)24(26)3)31(43)39-28(33(45)47-35(4,5)6)21-25-18-14-13-15-19-25/h13-20,27-28,30H,12,21-22H2,1-11H3,(H2,38,42)(H,39,43)(H,40,46). The number of amides is 4. The first-order valence-electron chi connectivity index (χ1n) is 16.3. The zero-order valence-corrected chi connectivity index (χ0v) is 30.4. The lowest BCUT2D eigenvalue weighted by molar-refractivity contribution is -0.159. The molecule has 0 spiro atoms. The number of nitrogens with one attached hydrogen (secondary N) is 2. The number of aryl methyl sites for hydroxylation is 1. The normalized spacial score (nSPS) is 13.8. The van der Waals surface area contributed by atoms with E-state index in [0.717, 1.165) is 16.7 Å². The second-order valence-electron chi connectivity index (χ2n) is 14.7. The third kappa shape index (κ3) is 11.7. The van der Waals surface area contributed by atoms with Gasteiger partial charge in [0.25, 0.3) is 0 Å². The number of carbonyl (C=O) groups is 5. The van der Waals surface area contributed by atoms with Crippen molar-refractivity contribution in [1.82, 2.24) is 15.5 Å². The maximum absolute atomic E-state index is 14.7. The molecular weight excluding hydrogens is 612 g/mol. The van der Waals surface area contributed by atoms with Gasteiger partial charge in [0.1, 0.15) is 29.3 Å². The van der Waals surface area contributed by atoms with E-state index in [0.29, 0.717) is 12.0 Å². The predicted octanol–water partition coefficient (Wildman–Crippen LogP) is 5.20. The number of nitrogens with zero attached hydrogens (tertiary/aromatic N) is 1. The quantitative estimate of drug-likeness (QED) is 0.248. The van der Waals surface area contributed by atoms with Crippen molar-refractivity contribution in [2.75, 3.05) is 0 Å². The molecule has 0 fully saturated rings. The van der Waals surface area contributed by atoms with Crippen molar-refractivity contribution < 1.29 is 33.4 Å². The maximum Gasteiger partial charge on any atom is 0.408 e. The summed E-state index contributed by atoms with van der Waals surface area (Å²) in [6.45, 7) is 19.4. The van der Waals surface area contributed by atoms with Crippen molar-refractivity contribution in [3.05, 3.63) is 70.8 Å². The minimum atomic E-state index is -1.45. The summed E-state index contributed by atoms with van der Waals surface area (Å²) in [5, 5.41) is 5.42. The molecule has 11 nitrogen and oxygen atoms in total. The van der Waals surface area contributed by atoms with Crippen molar-refractivity contribution in [3.8, 4) is 0 Å². The second kappa shape index (κ2) is 16.1. The molecule has 2 rings (SSSR count). The zero-order valence-electron chi connectivity index (χ0n) is 30.4. The first-order valence-corrected chi connectivity index (χ1v) is 16.3. The number of nitrogens with two attached hydrogens (primary N) is 1. The highest BCUT2D eigenvalue weighted by molar-refractivity contribution is 5.96. The van der Waals surface area contributed by atoms with Gasteiger partial charge in [-0.15, -0.1) is 0 Å². The van der Waals surface area contributed by atoms with Gasteiger partial charge in [0.15, 0.2) is 0 Å². The Morgan fingerprint density at radius 2 is 1.38 bits per heavy atom. The van der Waals surface area contributed by atoms with Gasteiger partial charge in [-0.3, -0.25) is 14.4 Å². The molecule has 2 aromatic carbocycles. The maximum atomic E-state index is 14.7. The van der Waals surface area contributed by atoms with Gasteiger partial charge in [0.05, 0.1) is 6.42 Å².